The van der Waals surface area contributed by atoms with E-state index in [9.17, 15) is 38.0 Å². The normalized spacial score (nSPS) is 11.8. The van der Waals surface area contributed by atoms with E-state index in [2.05, 4.69) is 5.32 Å². The maximum atomic E-state index is 14.0. The Morgan fingerprint density at radius 3 is 1.34 bits per heavy atom. The average molecular weight is 981 g/mol. The van der Waals surface area contributed by atoms with E-state index in [1.807, 2.05) is 50.2 Å². The van der Waals surface area contributed by atoms with Crippen LogP contribution >= 0.6 is 23.2 Å². The molecule has 0 radical (unpaired) electrons. The van der Waals surface area contributed by atoms with E-state index in [1.165, 1.54) is 24.3 Å². The van der Waals surface area contributed by atoms with Crippen LogP contribution in [0.15, 0.2) is 97.1 Å². The van der Waals surface area contributed by atoms with E-state index in [4.69, 9.17) is 42.1 Å². The molecule has 6 rings (SSSR count). The molecule has 6 aromatic carbocycles. The van der Waals surface area contributed by atoms with Gasteiger partial charge in [0.1, 0.15) is 72.7 Å². The highest BCUT2D eigenvalue weighted by Crippen LogP contribution is 2.39. The molecule has 0 aromatic heterocycles. The van der Waals surface area contributed by atoms with Gasteiger partial charge in [0.15, 0.2) is 0 Å². The zero-order chi connectivity index (χ0) is 49.2. The van der Waals surface area contributed by atoms with E-state index in [0.717, 1.165) is 45.5 Å². The second-order valence-electron chi connectivity index (χ2n) is 17.5. The van der Waals surface area contributed by atoms with Crippen LogP contribution in [0.2, 0.25) is 10.0 Å². The maximum absolute atomic E-state index is 14.0. The molecule has 0 aliphatic heterocycles. The van der Waals surface area contributed by atoms with Gasteiger partial charge in [-0.2, -0.15) is 0 Å². The van der Waals surface area contributed by atoms with Crippen LogP contribution in [0, 0.1) is 42.5 Å². The van der Waals surface area contributed by atoms with Crippen LogP contribution in [0.5, 0.6) is 23.0 Å². The van der Waals surface area contributed by atoms with E-state index in [-0.39, 0.29) is 75.5 Å². The van der Waals surface area contributed by atoms with Crippen molar-refractivity contribution in [3.63, 3.8) is 0 Å². The second kappa shape index (κ2) is 23.3. The number of aryl methyl sites for hydroxylation is 1. The summed E-state index contributed by atoms with van der Waals surface area (Å²) in [6, 6.07) is 24.6. The third kappa shape index (κ3) is 13.4. The molecule has 0 amide bonds. The minimum Gasteiger partial charge on any atom is -0.488 e. The predicted octanol–water partition coefficient (Wildman–Crippen LogP) is 10.9. The standard InChI is InChI=1S/C53H55Cl2F4NO8/c1-32-37(26-67-50-21-48(65-24-34-13-40(56)19-41(57)14-34)36(17-46(50)54)11-12-52(3,28-61)29-62)7-5-9-44(32)45-10-6-8-38(33(45)2)27-68-51-22-49(66-25-35-15-42(58)20-43(59)16-35)39(18-47(51)55)23-60-53(4,30-63)31-64/h5-10,13-22,60-64H,11-12,23-31H2,1-4H3. The summed E-state index contributed by atoms with van der Waals surface area (Å²) in [5.74, 6) is -1.66. The molecule has 15 heteroatoms. The fourth-order valence-electron chi connectivity index (χ4n) is 7.38. The van der Waals surface area contributed by atoms with Crippen LogP contribution < -0.4 is 24.3 Å². The van der Waals surface area contributed by atoms with Gasteiger partial charge in [0.25, 0.3) is 0 Å². The lowest BCUT2D eigenvalue weighted by Crippen LogP contribution is -2.48. The van der Waals surface area contributed by atoms with E-state index < -0.39 is 34.2 Å². The minimum absolute atomic E-state index is 0.118. The minimum atomic E-state index is -1.01. The van der Waals surface area contributed by atoms with Crippen LogP contribution in [0.4, 0.5) is 17.6 Å². The zero-order valence-electron chi connectivity index (χ0n) is 38.2. The molecule has 0 saturated carbocycles. The quantitative estimate of drug-likeness (QED) is 0.0399. The first kappa shape index (κ1) is 52.0. The van der Waals surface area contributed by atoms with Gasteiger partial charge in [-0.05, 0) is 120 Å². The third-order valence-corrected chi connectivity index (χ3v) is 12.6. The van der Waals surface area contributed by atoms with Crippen LogP contribution in [0.3, 0.4) is 0 Å². The summed E-state index contributed by atoms with van der Waals surface area (Å²) < 4.78 is 80.8. The van der Waals surface area contributed by atoms with Crippen molar-refractivity contribution < 1.29 is 56.9 Å². The van der Waals surface area contributed by atoms with Gasteiger partial charge < -0.3 is 44.7 Å². The van der Waals surface area contributed by atoms with Crippen molar-refractivity contribution in [2.24, 2.45) is 5.41 Å². The smallest absolute Gasteiger partial charge is 0.142 e. The fraction of sp³-hybridized carbons (Fsp3) is 0.321. The Kier molecular flexibility index (Phi) is 17.8. The van der Waals surface area contributed by atoms with Gasteiger partial charge in [-0.1, -0.05) is 66.5 Å². The zero-order valence-corrected chi connectivity index (χ0v) is 39.7. The van der Waals surface area contributed by atoms with Crippen molar-refractivity contribution in [1.82, 2.24) is 5.32 Å². The van der Waals surface area contributed by atoms with Crippen molar-refractivity contribution in [2.75, 3.05) is 26.4 Å². The lowest BCUT2D eigenvalue weighted by molar-refractivity contribution is 0.0629. The SMILES string of the molecule is Cc1c(COc2cc(OCc3cc(F)cc(F)c3)c(CCC(C)(CO)CO)cc2Cl)cccc1-c1cccc(COc2cc(OCc3cc(F)cc(F)c3)c(CNC(C)(CO)CO)cc2Cl)c1C. The van der Waals surface area contributed by atoms with Gasteiger partial charge >= 0.3 is 0 Å². The van der Waals surface area contributed by atoms with E-state index >= 15 is 0 Å². The van der Waals surface area contributed by atoms with Gasteiger partial charge in [0.2, 0.25) is 0 Å². The summed E-state index contributed by atoms with van der Waals surface area (Å²) in [5.41, 5.74) is 5.52. The predicted molar refractivity (Wildman–Crippen MR) is 254 cm³/mol. The number of aliphatic hydroxyl groups is 4. The first-order valence-corrected chi connectivity index (χ1v) is 22.6. The topological polar surface area (TPSA) is 130 Å². The highest BCUT2D eigenvalue weighted by Gasteiger charge is 2.25. The Morgan fingerprint density at radius 2 is 0.912 bits per heavy atom. The second-order valence-corrected chi connectivity index (χ2v) is 18.3. The van der Waals surface area contributed by atoms with Crippen molar-refractivity contribution >= 4 is 23.2 Å². The van der Waals surface area contributed by atoms with E-state index in [0.29, 0.717) is 52.0 Å². The Bertz CT molecular complexity index is 2470. The van der Waals surface area contributed by atoms with Gasteiger partial charge in [0.05, 0.1) is 42.0 Å². The van der Waals surface area contributed by atoms with Crippen LogP contribution in [-0.4, -0.2) is 52.4 Å². The van der Waals surface area contributed by atoms with Gasteiger partial charge in [0, 0.05) is 41.8 Å². The number of hydrogen-bond donors (Lipinski definition) is 5. The average Bonchev–Trinajstić information content (AvgIpc) is 3.31. The number of rotatable bonds is 23. The Balaban J connectivity index is 1.21. The molecule has 5 N–H and O–H groups in total. The summed E-state index contributed by atoms with van der Waals surface area (Å²) in [5, 5.41) is 43.1. The van der Waals surface area contributed by atoms with Crippen molar-refractivity contribution in [2.45, 2.75) is 79.0 Å². The van der Waals surface area contributed by atoms with E-state index in [1.54, 1.807) is 38.1 Å². The molecule has 0 aliphatic rings. The molecule has 6 aromatic rings. The number of benzene rings is 6. The Labute approximate surface area is 403 Å². The molecule has 362 valence electrons. The first-order valence-electron chi connectivity index (χ1n) is 21.9. The number of ether oxygens (including phenoxy) is 4. The lowest BCUT2D eigenvalue weighted by Gasteiger charge is -2.27. The summed E-state index contributed by atoms with van der Waals surface area (Å²) in [6.45, 7) is 6.29. The molecule has 9 nitrogen and oxygen atoms in total. The summed E-state index contributed by atoms with van der Waals surface area (Å²) in [7, 11) is 0. The molecule has 0 heterocycles. The summed E-state index contributed by atoms with van der Waals surface area (Å²) >= 11 is 13.6. The molecule has 0 bridgehead atoms. The molecule has 0 saturated heterocycles. The van der Waals surface area contributed by atoms with Crippen LogP contribution in [0.25, 0.3) is 11.1 Å². The van der Waals surface area contributed by atoms with Gasteiger partial charge in [-0.15, -0.1) is 0 Å². The summed E-state index contributed by atoms with van der Waals surface area (Å²) in [4.78, 5) is 0. The van der Waals surface area contributed by atoms with Crippen molar-refractivity contribution in [3.05, 3.63) is 175 Å². The largest absolute Gasteiger partial charge is 0.488 e. The third-order valence-electron chi connectivity index (χ3n) is 12.0. The highest BCUT2D eigenvalue weighted by molar-refractivity contribution is 6.32. The number of aliphatic hydroxyl groups excluding tert-OH is 4. The number of halogens is 6. The van der Waals surface area contributed by atoms with Gasteiger partial charge in [-0.25, -0.2) is 17.6 Å². The molecule has 0 aliphatic carbocycles. The molecule has 68 heavy (non-hydrogen) atoms. The number of hydrogen-bond acceptors (Lipinski definition) is 9. The summed E-state index contributed by atoms with van der Waals surface area (Å²) in [6.07, 6.45) is 0.776. The van der Waals surface area contributed by atoms with Crippen molar-refractivity contribution in [1.29, 1.82) is 0 Å². The maximum Gasteiger partial charge on any atom is 0.142 e. The van der Waals surface area contributed by atoms with Crippen molar-refractivity contribution in [3.8, 4) is 34.1 Å². The molecule has 0 atom stereocenters. The fourth-order valence-corrected chi connectivity index (χ4v) is 7.86. The molecule has 0 unspecified atom stereocenters. The van der Waals surface area contributed by atoms with Gasteiger partial charge in [-0.3, -0.25) is 0 Å². The number of nitrogens with one attached hydrogen (secondary N) is 1. The van der Waals surface area contributed by atoms with Crippen LogP contribution in [0.1, 0.15) is 64.8 Å². The molecule has 0 spiro atoms. The highest BCUT2D eigenvalue weighted by atomic mass is 35.5. The first-order chi connectivity index (χ1) is 32.4. The molecular weight excluding hydrogens is 925 g/mol. The Morgan fingerprint density at radius 1 is 0.500 bits per heavy atom. The Hall–Kier alpha value is -5.38. The van der Waals surface area contributed by atoms with Crippen LogP contribution in [-0.2, 0) is 39.4 Å². The lowest BCUT2D eigenvalue weighted by atomic mass is 9.85. The monoisotopic (exact) mass is 979 g/mol. The molecule has 0 fully saturated rings. The molecular formula is C53H55Cl2F4NO8.